The number of methoxy groups -OCH3 is 2. The Kier molecular flexibility index (Phi) is 5.75. The summed E-state index contributed by atoms with van der Waals surface area (Å²) < 4.78 is 36.2. The van der Waals surface area contributed by atoms with Crippen molar-refractivity contribution < 1.29 is 33.0 Å². The van der Waals surface area contributed by atoms with Gasteiger partial charge >= 0.3 is 0 Å². The van der Waals surface area contributed by atoms with Crippen molar-refractivity contribution in [2.24, 2.45) is 5.41 Å². The number of allylic oxidation sites excluding steroid dienone is 1. The summed E-state index contributed by atoms with van der Waals surface area (Å²) in [6, 6.07) is 1.06. The zero-order valence-corrected chi connectivity index (χ0v) is 15.1. The Morgan fingerprint density at radius 1 is 1.35 bits per heavy atom. The van der Waals surface area contributed by atoms with E-state index in [1.165, 1.54) is 14.2 Å². The van der Waals surface area contributed by atoms with Crippen molar-refractivity contribution in [1.82, 2.24) is 4.98 Å². The number of alkyl halides is 2. The molecule has 1 fully saturated rings. The first-order chi connectivity index (χ1) is 12.1. The number of carbonyl (C=O) groups excluding carboxylic acids is 2. The molecule has 1 aliphatic carbocycles. The number of carbonyl (C=O) groups is 2. The van der Waals surface area contributed by atoms with Crippen LogP contribution in [0.25, 0.3) is 5.76 Å². The average molecular weight is 369 g/mol. The van der Waals surface area contributed by atoms with Crippen molar-refractivity contribution in [3.8, 4) is 5.88 Å². The lowest BCUT2D eigenvalue weighted by atomic mass is 9.72. The van der Waals surface area contributed by atoms with Gasteiger partial charge in [-0.1, -0.05) is 13.8 Å². The van der Waals surface area contributed by atoms with E-state index in [-0.39, 0.29) is 35.6 Å². The molecule has 0 unspecified atom stereocenters. The molecule has 1 saturated carbocycles. The molecule has 1 aromatic rings. The number of Topliss-reactive ketones (excluding diaryl/α,β-unsaturated/α-hetero) is 2. The number of ether oxygens (including phenoxy) is 2. The van der Waals surface area contributed by atoms with Crippen LogP contribution in [0.1, 0.15) is 49.9 Å². The summed E-state index contributed by atoms with van der Waals surface area (Å²) in [5.74, 6) is -1.93. The highest BCUT2D eigenvalue weighted by Gasteiger charge is 2.41. The van der Waals surface area contributed by atoms with Crippen molar-refractivity contribution >= 4 is 17.3 Å². The zero-order valence-electron chi connectivity index (χ0n) is 15.1. The number of aliphatic hydroxyl groups is 1. The van der Waals surface area contributed by atoms with Gasteiger partial charge in [-0.15, -0.1) is 0 Å². The largest absolute Gasteiger partial charge is 0.506 e. The number of aromatic nitrogens is 1. The van der Waals surface area contributed by atoms with Crippen LogP contribution in [0.2, 0.25) is 0 Å². The van der Waals surface area contributed by atoms with Gasteiger partial charge in [0, 0.05) is 18.9 Å². The van der Waals surface area contributed by atoms with Gasteiger partial charge in [0.05, 0.1) is 19.3 Å². The molecule has 0 atom stereocenters. The first-order valence-electron chi connectivity index (χ1n) is 8.00. The van der Waals surface area contributed by atoms with Crippen LogP contribution in [-0.2, 0) is 20.9 Å². The molecular weight excluding hydrogens is 348 g/mol. The Morgan fingerprint density at radius 3 is 2.54 bits per heavy atom. The summed E-state index contributed by atoms with van der Waals surface area (Å²) in [7, 11) is 2.55. The fourth-order valence-corrected chi connectivity index (χ4v) is 2.87. The fraction of sp³-hybridized carbons (Fsp3) is 0.500. The van der Waals surface area contributed by atoms with Gasteiger partial charge in [0.15, 0.2) is 11.6 Å². The maximum absolute atomic E-state index is 13.1. The van der Waals surface area contributed by atoms with Crippen LogP contribution in [0, 0.1) is 5.41 Å². The maximum Gasteiger partial charge on any atom is 0.280 e. The smallest absolute Gasteiger partial charge is 0.280 e. The highest BCUT2D eigenvalue weighted by molar-refractivity contribution is 6.27. The minimum atomic E-state index is -2.86. The Labute approximate surface area is 149 Å². The van der Waals surface area contributed by atoms with Crippen molar-refractivity contribution in [2.75, 3.05) is 14.2 Å². The minimum absolute atomic E-state index is 0.0897. The molecular formula is C18H21F2NO5. The zero-order chi connectivity index (χ0) is 19.6. The van der Waals surface area contributed by atoms with Crippen LogP contribution in [-0.4, -0.2) is 35.9 Å². The average Bonchev–Trinajstić information content (AvgIpc) is 2.58. The minimum Gasteiger partial charge on any atom is -0.506 e. The van der Waals surface area contributed by atoms with Gasteiger partial charge in [-0.3, -0.25) is 9.59 Å². The highest BCUT2D eigenvalue weighted by atomic mass is 19.3. The Balaban J connectivity index is 2.76. The standard InChI is InChI=1S/C18H21F2NO5/c1-18(2)6-5-11(22)13(15(18)24)14(23)12-9(8-25-3)7-10(16(19)20)21-17(12)26-4/h7,16,23H,5-6,8H2,1-4H3. The monoisotopic (exact) mass is 369 g/mol. The van der Waals surface area contributed by atoms with Crippen LogP contribution in [0.5, 0.6) is 5.88 Å². The Bertz CT molecular complexity index is 771. The second-order valence-electron chi connectivity index (χ2n) is 6.68. The SMILES string of the molecule is COCc1cc(C(F)F)nc(OC)c1C(O)=C1C(=O)CCC(C)(C)C1=O. The number of hydrogen-bond donors (Lipinski definition) is 1. The molecule has 26 heavy (non-hydrogen) atoms. The van der Waals surface area contributed by atoms with E-state index in [0.29, 0.717) is 6.42 Å². The van der Waals surface area contributed by atoms with Gasteiger partial charge in [-0.25, -0.2) is 13.8 Å². The van der Waals surface area contributed by atoms with Crippen LogP contribution in [0.15, 0.2) is 11.6 Å². The molecule has 0 spiro atoms. The van der Waals surface area contributed by atoms with E-state index in [1.54, 1.807) is 13.8 Å². The number of nitrogens with zero attached hydrogens (tertiary/aromatic N) is 1. The van der Waals surface area contributed by atoms with Crippen LogP contribution < -0.4 is 4.74 Å². The number of aliphatic hydroxyl groups excluding tert-OH is 1. The van der Waals surface area contributed by atoms with Crippen LogP contribution in [0.4, 0.5) is 8.78 Å². The topological polar surface area (TPSA) is 85.7 Å². The molecule has 0 saturated heterocycles. The molecule has 0 aromatic carbocycles. The maximum atomic E-state index is 13.1. The third-order valence-electron chi connectivity index (χ3n) is 4.38. The fourth-order valence-electron chi connectivity index (χ4n) is 2.87. The highest BCUT2D eigenvalue weighted by Crippen LogP contribution is 2.39. The summed E-state index contributed by atoms with van der Waals surface area (Å²) in [5, 5.41) is 10.7. The summed E-state index contributed by atoms with van der Waals surface area (Å²) in [4.78, 5) is 28.7. The Morgan fingerprint density at radius 2 is 2.00 bits per heavy atom. The van der Waals surface area contributed by atoms with Crippen LogP contribution in [0.3, 0.4) is 0 Å². The number of hydrogen-bond acceptors (Lipinski definition) is 6. The Hall–Kier alpha value is -2.35. The third-order valence-corrected chi connectivity index (χ3v) is 4.38. The number of halogens is 2. The molecule has 0 amide bonds. The van der Waals surface area contributed by atoms with E-state index >= 15 is 0 Å². The summed E-state index contributed by atoms with van der Waals surface area (Å²) in [6.07, 6.45) is -2.39. The van der Waals surface area contributed by atoms with E-state index in [1.807, 2.05) is 0 Å². The molecule has 0 aliphatic heterocycles. The van der Waals surface area contributed by atoms with Gasteiger partial charge in [0.2, 0.25) is 5.88 Å². The predicted molar refractivity (Wildman–Crippen MR) is 89.0 cm³/mol. The lowest BCUT2D eigenvalue weighted by molar-refractivity contribution is -0.130. The van der Waals surface area contributed by atoms with Gasteiger partial charge in [0.25, 0.3) is 6.43 Å². The molecule has 1 aromatic heterocycles. The molecule has 1 N–H and O–H groups in total. The molecule has 142 valence electrons. The van der Waals surface area contributed by atoms with Gasteiger partial charge in [-0.05, 0) is 18.1 Å². The normalized spacial score (nSPS) is 19.0. The van der Waals surface area contributed by atoms with E-state index < -0.39 is 34.9 Å². The molecule has 8 heteroatoms. The van der Waals surface area contributed by atoms with Crippen LogP contribution >= 0.6 is 0 Å². The molecule has 1 aliphatic rings. The van der Waals surface area contributed by atoms with E-state index in [4.69, 9.17) is 9.47 Å². The number of pyridine rings is 1. The number of ketones is 2. The van der Waals surface area contributed by atoms with Crippen molar-refractivity contribution in [3.05, 3.63) is 28.5 Å². The van der Waals surface area contributed by atoms with Crippen molar-refractivity contribution in [2.45, 2.75) is 39.7 Å². The van der Waals surface area contributed by atoms with Crippen molar-refractivity contribution in [1.29, 1.82) is 0 Å². The second kappa shape index (κ2) is 7.49. The molecule has 1 heterocycles. The van der Waals surface area contributed by atoms with E-state index in [0.717, 1.165) is 6.07 Å². The lowest BCUT2D eigenvalue weighted by Crippen LogP contribution is -2.35. The van der Waals surface area contributed by atoms with Gasteiger partial charge in [0.1, 0.15) is 17.0 Å². The molecule has 0 radical (unpaired) electrons. The van der Waals surface area contributed by atoms with E-state index in [2.05, 4.69) is 4.98 Å². The summed E-state index contributed by atoms with van der Waals surface area (Å²) in [5.41, 5.74) is -1.68. The molecule has 0 bridgehead atoms. The quantitative estimate of drug-likeness (QED) is 0.486. The predicted octanol–water partition coefficient (Wildman–Crippen LogP) is 3.40. The van der Waals surface area contributed by atoms with Gasteiger partial charge < -0.3 is 14.6 Å². The first kappa shape index (κ1) is 20.0. The summed E-state index contributed by atoms with van der Waals surface area (Å²) in [6.45, 7) is 3.22. The summed E-state index contributed by atoms with van der Waals surface area (Å²) >= 11 is 0. The first-order valence-corrected chi connectivity index (χ1v) is 8.00. The van der Waals surface area contributed by atoms with Gasteiger partial charge in [-0.2, -0.15) is 0 Å². The third kappa shape index (κ3) is 3.60. The molecule has 6 nitrogen and oxygen atoms in total. The number of rotatable bonds is 5. The second-order valence-corrected chi connectivity index (χ2v) is 6.68. The molecule has 2 rings (SSSR count). The van der Waals surface area contributed by atoms with E-state index in [9.17, 15) is 23.5 Å². The van der Waals surface area contributed by atoms with Crippen molar-refractivity contribution in [3.63, 3.8) is 0 Å². The lowest BCUT2D eigenvalue weighted by Gasteiger charge is -2.29.